The zero-order chi connectivity index (χ0) is 14.8. The van der Waals surface area contributed by atoms with Crippen LogP contribution in [0.4, 0.5) is 5.69 Å². The monoisotopic (exact) mass is 299 g/mol. The molecule has 0 atom stereocenters. The summed E-state index contributed by atoms with van der Waals surface area (Å²) in [5.41, 5.74) is 5.10. The van der Waals surface area contributed by atoms with Gasteiger partial charge in [0.1, 0.15) is 5.84 Å². The van der Waals surface area contributed by atoms with Crippen LogP contribution in [0.5, 0.6) is 5.75 Å². The zero-order valence-corrected chi connectivity index (χ0v) is 11.3. The van der Waals surface area contributed by atoms with Gasteiger partial charge in [-0.15, -0.1) is 0 Å². The Morgan fingerprint density at radius 1 is 1.60 bits per heavy atom. The highest BCUT2D eigenvalue weighted by Crippen LogP contribution is 2.49. The van der Waals surface area contributed by atoms with Crippen LogP contribution in [0.1, 0.15) is 19.3 Å². The van der Waals surface area contributed by atoms with Crippen LogP contribution in [0.15, 0.2) is 23.4 Å². The molecule has 0 heterocycles. The quantitative estimate of drug-likeness (QED) is 0.276. The van der Waals surface area contributed by atoms with Crippen molar-refractivity contribution in [1.29, 1.82) is 0 Å². The summed E-state index contributed by atoms with van der Waals surface area (Å²) in [4.78, 5) is 10.4. The molecule has 1 aromatic carbocycles. The maximum absolute atomic E-state index is 10.9. The van der Waals surface area contributed by atoms with Gasteiger partial charge in [-0.25, -0.2) is 0 Å². The van der Waals surface area contributed by atoms with Gasteiger partial charge < -0.3 is 15.7 Å². The minimum absolute atomic E-state index is 0.0601. The van der Waals surface area contributed by atoms with E-state index < -0.39 is 4.92 Å². The third kappa shape index (κ3) is 3.11. The SMILES string of the molecule is N/C(CC1(COc2c(Cl)cccc2[N+](=O)[O-])CC1)=N/O. The minimum atomic E-state index is -0.537. The maximum Gasteiger partial charge on any atom is 0.312 e. The second kappa shape index (κ2) is 5.54. The Labute approximate surface area is 120 Å². The number of nitrogens with two attached hydrogens (primary N) is 1. The van der Waals surface area contributed by atoms with Crippen molar-refractivity contribution in [2.24, 2.45) is 16.3 Å². The number of ether oxygens (including phenoxy) is 1. The summed E-state index contributed by atoms with van der Waals surface area (Å²) >= 11 is 5.94. The first-order valence-corrected chi connectivity index (χ1v) is 6.37. The van der Waals surface area contributed by atoms with Gasteiger partial charge in [-0.3, -0.25) is 10.1 Å². The predicted octanol–water partition coefficient (Wildman–Crippen LogP) is 2.54. The molecule has 1 aliphatic carbocycles. The van der Waals surface area contributed by atoms with E-state index in [9.17, 15) is 10.1 Å². The second-order valence-corrected chi connectivity index (χ2v) is 5.31. The van der Waals surface area contributed by atoms with Crippen LogP contribution in [0.3, 0.4) is 0 Å². The zero-order valence-electron chi connectivity index (χ0n) is 10.6. The summed E-state index contributed by atoms with van der Waals surface area (Å²) in [6.45, 7) is 0.244. The van der Waals surface area contributed by atoms with Crippen molar-refractivity contribution in [3.63, 3.8) is 0 Å². The van der Waals surface area contributed by atoms with Gasteiger partial charge in [0.05, 0.1) is 16.6 Å². The van der Waals surface area contributed by atoms with Crippen molar-refractivity contribution in [3.05, 3.63) is 33.3 Å². The number of hydrogen-bond acceptors (Lipinski definition) is 5. The van der Waals surface area contributed by atoms with E-state index in [4.69, 9.17) is 27.3 Å². The number of hydrogen-bond donors (Lipinski definition) is 2. The van der Waals surface area contributed by atoms with Gasteiger partial charge in [-0.1, -0.05) is 22.8 Å². The lowest BCUT2D eigenvalue weighted by Gasteiger charge is -2.16. The van der Waals surface area contributed by atoms with E-state index in [0.29, 0.717) is 6.42 Å². The fraction of sp³-hybridized carbons (Fsp3) is 0.417. The highest BCUT2D eigenvalue weighted by molar-refractivity contribution is 6.32. The first kappa shape index (κ1) is 14.4. The Bertz CT molecular complexity index is 558. The molecule has 1 aliphatic rings. The number of rotatable bonds is 6. The van der Waals surface area contributed by atoms with Crippen LogP contribution >= 0.6 is 11.6 Å². The molecule has 0 aromatic heterocycles. The third-order valence-electron chi connectivity index (χ3n) is 3.31. The number of amidine groups is 1. The Morgan fingerprint density at radius 2 is 2.30 bits per heavy atom. The molecule has 20 heavy (non-hydrogen) atoms. The highest BCUT2D eigenvalue weighted by Gasteiger charge is 2.44. The van der Waals surface area contributed by atoms with E-state index >= 15 is 0 Å². The Morgan fingerprint density at radius 3 is 2.85 bits per heavy atom. The summed E-state index contributed by atoms with van der Waals surface area (Å²) < 4.78 is 5.54. The Balaban J connectivity index is 2.10. The molecule has 108 valence electrons. The van der Waals surface area contributed by atoms with Crippen molar-refractivity contribution in [2.75, 3.05) is 6.61 Å². The molecule has 0 saturated heterocycles. The van der Waals surface area contributed by atoms with Crippen LogP contribution in [-0.4, -0.2) is 22.6 Å². The smallest absolute Gasteiger partial charge is 0.312 e. The number of nitro benzene ring substituents is 1. The number of nitro groups is 1. The van der Waals surface area contributed by atoms with Gasteiger partial charge >= 0.3 is 5.69 Å². The second-order valence-electron chi connectivity index (χ2n) is 4.90. The van der Waals surface area contributed by atoms with Crippen LogP contribution < -0.4 is 10.5 Å². The average Bonchev–Trinajstić information content (AvgIpc) is 3.16. The van der Waals surface area contributed by atoms with E-state index in [2.05, 4.69) is 5.16 Å². The van der Waals surface area contributed by atoms with Crippen molar-refractivity contribution < 1.29 is 14.9 Å². The van der Waals surface area contributed by atoms with E-state index in [1.807, 2.05) is 0 Å². The molecule has 1 saturated carbocycles. The predicted molar refractivity (Wildman–Crippen MR) is 73.3 cm³/mol. The largest absolute Gasteiger partial charge is 0.485 e. The Kier molecular flexibility index (Phi) is 3.99. The number of benzene rings is 1. The first-order valence-electron chi connectivity index (χ1n) is 5.99. The fourth-order valence-electron chi connectivity index (χ4n) is 1.98. The van der Waals surface area contributed by atoms with Gasteiger partial charge in [0, 0.05) is 17.9 Å². The lowest BCUT2D eigenvalue weighted by molar-refractivity contribution is -0.385. The van der Waals surface area contributed by atoms with Crippen LogP contribution in [0, 0.1) is 15.5 Å². The molecule has 0 amide bonds. The van der Waals surface area contributed by atoms with Crippen LogP contribution in [0.2, 0.25) is 5.02 Å². The normalized spacial score (nSPS) is 16.8. The maximum atomic E-state index is 10.9. The summed E-state index contributed by atoms with van der Waals surface area (Å²) in [6.07, 6.45) is 2.12. The molecule has 0 aliphatic heterocycles. The third-order valence-corrected chi connectivity index (χ3v) is 3.60. The highest BCUT2D eigenvalue weighted by atomic mass is 35.5. The minimum Gasteiger partial charge on any atom is -0.485 e. The van der Waals surface area contributed by atoms with Gasteiger partial charge in [-0.2, -0.15) is 0 Å². The molecule has 7 nitrogen and oxygen atoms in total. The van der Waals surface area contributed by atoms with Crippen molar-refractivity contribution >= 4 is 23.1 Å². The van der Waals surface area contributed by atoms with E-state index in [0.717, 1.165) is 12.8 Å². The van der Waals surface area contributed by atoms with Crippen molar-refractivity contribution in [1.82, 2.24) is 0 Å². The van der Waals surface area contributed by atoms with Crippen LogP contribution in [-0.2, 0) is 0 Å². The van der Waals surface area contributed by atoms with Gasteiger partial charge in [-0.05, 0) is 18.9 Å². The number of halogens is 1. The van der Waals surface area contributed by atoms with Gasteiger partial charge in [0.2, 0.25) is 5.75 Å². The molecule has 3 N–H and O–H groups in total. The standard InChI is InChI=1S/C12H14ClN3O4/c13-8-2-1-3-9(16(18)19)11(8)20-7-12(4-5-12)6-10(14)15-17/h1-3,17H,4-7H2,(H2,14,15). The number of para-hydroxylation sites is 1. The molecule has 0 bridgehead atoms. The van der Waals surface area contributed by atoms with E-state index in [1.165, 1.54) is 18.2 Å². The van der Waals surface area contributed by atoms with E-state index in [1.54, 1.807) is 0 Å². The van der Waals surface area contributed by atoms with Gasteiger partial charge in [0.25, 0.3) is 0 Å². The topological polar surface area (TPSA) is 111 Å². The fourth-order valence-corrected chi connectivity index (χ4v) is 2.20. The lowest BCUT2D eigenvalue weighted by Crippen LogP contribution is -2.22. The summed E-state index contributed by atoms with van der Waals surface area (Å²) in [7, 11) is 0. The number of nitrogens with zero attached hydrogens (tertiary/aromatic N) is 2. The molecule has 0 unspecified atom stereocenters. The number of oxime groups is 1. The molecule has 2 rings (SSSR count). The molecule has 0 spiro atoms. The first-order chi connectivity index (χ1) is 9.47. The lowest BCUT2D eigenvalue weighted by atomic mass is 10.0. The van der Waals surface area contributed by atoms with E-state index in [-0.39, 0.29) is 34.3 Å². The molecular weight excluding hydrogens is 286 g/mol. The summed E-state index contributed by atoms with van der Waals surface area (Å²) in [6, 6.07) is 4.37. The average molecular weight is 300 g/mol. The molecular formula is C12H14ClN3O4. The van der Waals surface area contributed by atoms with Crippen molar-refractivity contribution in [2.45, 2.75) is 19.3 Å². The van der Waals surface area contributed by atoms with Gasteiger partial charge in [0.15, 0.2) is 0 Å². The molecule has 0 radical (unpaired) electrons. The Hall–Kier alpha value is -2.02. The van der Waals surface area contributed by atoms with Crippen molar-refractivity contribution in [3.8, 4) is 5.75 Å². The van der Waals surface area contributed by atoms with Crippen LogP contribution in [0.25, 0.3) is 0 Å². The summed E-state index contributed by atoms with van der Waals surface area (Å²) in [5, 5.41) is 22.6. The molecule has 1 aromatic rings. The molecule has 8 heteroatoms. The molecule has 1 fully saturated rings. The summed E-state index contributed by atoms with van der Waals surface area (Å²) in [5.74, 6) is 0.185.